The van der Waals surface area contributed by atoms with Crippen molar-refractivity contribution in [3.8, 4) is 11.5 Å². The van der Waals surface area contributed by atoms with E-state index in [2.05, 4.69) is 20.2 Å². The lowest BCUT2D eigenvalue weighted by Gasteiger charge is -2.26. The van der Waals surface area contributed by atoms with Crippen LogP contribution in [-0.2, 0) is 4.74 Å². The summed E-state index contributed by atoms with van der Waals surface area (Å²) in [4.78, 5) is 10.2. The first-order valence-corrected chi connectivity index (χ1v) is 10.0. The zero-order valence-corrected chi connectivity index (χ0v) is 17.5. The average molecular weight is 453 g/mol. The predicted octanol–water partition coefficient (Wildman–Crippen LogP) is 4.28. The molecular formula is C22H24ClFN4O3. The van der Waals surface area contributed by atoms with Crippen LogP contribution < -0.4 is 14.8 Å². The fraction of sp³-hybridized carbons (Fsp3) is 0.364. The summed E-state index contributed by atoms with van der Waals surface area (Å²) in [6, 6.07) is -2.56. The van der Waals surface area contributed by atoms with Crippen LogP contribution in [0.2, 0.25) is 5.02 Å². The first-order valence-electron chi connectivity index (χ1n) is 12.7. The number of nitrogens with zero attached hydrogens (tertiary/aromatic N) is 3. The second-order valence-electron chi connectivity index (χ2n) is 6.67. The smallest absolute Gasteiger partial charge is 0.162 e. The number of morpholine rings is 1. The van der Waals surface area contributed by atoms with Crippen molar-refractivity contribution in [1.82, 2.24) is 14.9 Å². The van der Waals surface area contributed by atoms with Crippen LogP contribution >= 0.6 is 11.6 Å². The molecule has 4 rings (SSSR count). The lowest BCUT2D eigenvalue weighted by Crippen LogP contribution is -2.37. The molecule has 1 N–H and O–H groups in total. The van der Waals surface area contributed by atoms with Crippen molar-refractivity contribution in [2.45, 2.75) is 6.42 Å². The van der Waals surface area contributed by atoms with Crippen molar-refractivity contribution >= 4 is 34.0 Å². The van der Waals surface area contributed by atoms with Gasteiger partial charge in [0.15, 0.2) is 11.5 Å². The molecule has 1 fully saturated rings. The first kappa shape index (κ1) is 15.2. The maximum atomic E-state index is 14.1. The van der Waals surface area contributed by atoms with E-state index in [4.69, 9.17) is 34.0 Å². The van der Waals surface area contributed by atoms with Crippen molar-refractivity contribution in [3.05, 3.63) is 47.4 Å². The lowest BCUT2D eigenvalue weighted by molar-refractivity contribution is 0.0357. The van der Waals surface area contributed by atoms with E-state index in [1.807, 2.05) is 0 Å². The van der Waals surface area contributed by atoms with Crippen LogP contribution in [0, 0.1) is 5.82 Å². The Kier molecular flexibility index (Phi) is 4.94. The molecule has 0 aliphatic carbocycles. The molecule has 9 heteroatoms. The Bertz CT molecular complexity index is 1320. The molecule has 0 unspecified atom stereocenters. The van der Waals surface area contributed by atoms with Gasteiger partial charge in [0, 0.05) is 36.8 Å². The molecule has 0 saturated carbocycles. The fourth-order valence-corrected chi connectivity index (χ4v) is 3.21. The van der Waals surface area contributed by atoms with Crippen molar-refractivity contribution in [2.75, 3.05) is 51.9 Å². The largest absolute Gasteiger partial charge is 0.493 e. The Balaban J connectivity index is 1.74. The highest BCUT2D eigenvalue weighted by Gasteiger charge is 2.14. The van der Waals surface area contributed by atoms with Gasteiger partial charge in [-0.15, -0.1) is 0 Å². The van der Waals surface area contributed by atoms with Crippen LogP contribution in [-0.4, -0.2) is 61.4 Å². The summed E-state index contributed by atoms with van der Waals surface area (Å²) in [6.07, 6.45) is 0.132. The van der Waals surface area contributed by atoms with Crippen LogP contribution in [0.25, 0.3) is 10.9 Å². The number of nitrogens with one attached hydrogen (secondary N) is 1. The van der Waals surface area contributed by atoms with E-state index in [-0.39, 0.29) is 52.6 Å². The molecule has 1 aromatic heterocycles. The normalized spacial score (nSPS) is 17.3. The molecule has 7 nitrogen and oxygen atoms in total. The molecular weight excluding hydrogens is 423 g/mol. The van der Waals surface area contributed by atoms with Crippen LogP contribution in [0.1, 0.15) is 14.6 Å². The molecule has 0 spiro atoms. The number of rotatable bonds is 8. The van der Waals surface area contributed by atoms with Crippen molar-refractivity contribution in [1.29, 1.82) is 0 Å². The number of methoxy groups -OCH3 is 1. The predicted molar refractivity (Wildman–Crippen MR) is 118 cm³/mol. The summed E-state index contributed by atoms with van der Waals surface area (Å²) < 4.78 is 80.0. The average Bonchev–Trinajstić information content (AvgIpc) is 2.89. The minimum atomic E-state index is -1.21. The highest BCUT2D eigenvalue weighted by atomic mass is 35.5. The van der Waals surface area contributed by atoms with Gasteiger partial charge in [-0.25, -0.2) is 14.4 Å². The molecule has 0 bridgehead atoms. The summed E-state index contributed by atoms with van der Waals surface area (Å²) in [5, 5.41) is 1.95. The number of hydrogen-bond donors (Lipinski definition) is 1. The van der Waals surface area contributed by atoms with Gasteiger partial charge >= 0.3 is 0 Å². The minimum Gasteiger partial charge on any atom is -0.493 e. The highest BCUT2D eigenvalue weighted by Crippen LogP contribution is 2.35. The lowest BCUT2D eigenvalue weighted by atomic mass is 10.2. The topological polar surface area (TPSA) is 68.7 Å². The molecule has 0 amide bonds. The van der Waals surface area contributed by atoms with Crippen LogP contribution in [0.4, 0.5) is 15.9 Å². The Morgan fingerprint density at radius 3 is 2.87 bits per heavy atom. The van der Waals surface area contributed by atoms with Crippen LogP contribution in [0.3, 0.4) is 0 Å². The number of fused-ring (bicyclic) bond motifs is 1. The molecule has 164 valence electrons. The van der Waals surface area contributed by atoms with Crippen molar-refractivity contribution in [2.24, 2.45) is 0 Å². The monoisotopic (exact) mass is 452 g/mol. The summed E-state index contributed by atoms with van der Waals surface area (Å²) in [7, 11) is 1.33. The molecule has 0 radical (unpaired) electrons. The minimum absolute atomic E-state index is 0.0260. The summed E-state index contributed by atoms with van der Waals surface area (Å²) in [6.45, 7) is 3.99. The maximum absolute atomic E-state index is 14.1. The van der Waals surface area contributed by atoms with Gasteiger partial charge in [0.1, 0.15) is 19.3 Å². The zero-order chi connectivity index (χ0) is 26.9. The van der Waals surface area contributed by atoms with Gasteiger partial charge in [0.2, 0.25) is 0 Å². The number of ether oxygens (including phenoxy) is 3. The third-order valence-corrected chi connectivity index (χ3v) is 4.88. The van der Waals surface area contributed by atoms with Crippen LogP contribution in [0.15, 0.2) is 36.5 Å². The summed E-state index contributed by atoms with van der Waals surface area (Å²) >= 11 is 5.83. The van der Waals surface area contributed by atoms with Gasteiger partial charge in [0.05, 0.1) is 44.3 Å². The van der Waals surface area contributed by atoms with Crippen molar-refractivity contribution in [3.63, 3.8) is 0 Å². The van der Waals surface area contributed by atoms with E-state index < -0.39 is 35.3 Å². The molecule has 2 aromatic carbocycles. The third-order valence-electron chi connectivity index (χ3n) is 4.61. The van der Waals surface area contributed by atoms with E-state index in [0.29, 0.717) is 19.6 Å². The molecule has 1 aliphatic heterocycles. The molecule has 0 atom stereocenters. The SMILES string of the molecule is [2H]c1nc(Nc2c([2H])c([2H])c(F)c(Cl)c2[2H])c2c([2H])c(OCCCN3CCOCC3)c(OC)c([2H])c2n1. The van der Waals surface area contributed by atoms with Crippen LogP contribution in [0.5, 0.6) is 11.5 Å². The molecule has 3 aromatic rings. The Morgan fingerprint density at radius 2 is 2.06 bits per heavy atom. The van der Waals surface area contributed by atoms with E-state index in [1.54, 1.807) is 0 Å². The molecule has 31 heavy (non-hydrogen) atoms. The van der Waals surface area contributed by atoms with Gasteiger partial charge in [-0.2, -0.15) is 0 Å². The Hall–Kier alpha value is -2.68. The Labute approximate surface area is 193 Å². The number of hydrogen-bond acceptors (Lipinski definition) is 7. The third kappa shape index (κ3) is 5.33. The summed E-state index contributed by atoms with van der Waals surface area (Å²) in [5.74, 6) is -1.46. The second-order valence-corrected chi connectivity index (χ2v) is 7.05. The van der Waals surface area contributed by atoms with E-state index >= 15 is 0 Å². The van der Waals surface area contributed by atoms with Gasteiger partial charge in [0.25, 0.3) is 0 Å². The molecule has 1 saturated heterocycles. The van der Waals surface area contributed by atoms with Gasteiger partial charge < -0.3 is 19.5 Å². The maximum Gasteiger partial charge on any atom is 0.162 e. The number of benzene rings is 2. The second kappa shape index (κ2) is 10.1. The quantitative estimate of drug-likeness (QED) is 0.511. The van der Waals surface area contributed by atoms with E-state index in [0.717, 1.165) is 19.6 Å². The standard InChI is InChI=1S/C22H24ClFN4O3/c1-29-20-13-19-16(12-21(20)31-8-2-5-28-6-9-30-10-7-28)22(26-14-25-19)27-15-3-4-18(24)17(23)11-15/h3-4,11-14H,2,5-10H2,1H3,(H,25,26,27)/i3D,4D,11D,12D,13D,14D. The molecule has 1 aliphatic rings. The van der Waals surface area contributed by atoms with E-state index in [1.165, 1.54) is 7.11 Å². The number of aromatic nitrogens is 2. The Morgan fingerprint density at radius 1 is 1.23 bits per heavy atom. The van der Waals surface area contributed by atoms with Crippen molar-refractivity contribution < 1.29 is 26.8 Å². The number of anilines is 2. The zero-order valence-electron chi connectivity index (χ0n) is 22.8. The van der Waals surface area contributed by atoms with Gasteiger partial charge in [-0.1, -0.05) is 11.6 Å². The first-order chi connectivity index (χ1) is 17.6. The van der Waals surface area contributed by atoms with Gasteiger partial charge in [-0.05, 0) is 30.6 Å². The summed E-state index contributed by atoms with van der Waals surface area (Å²) in [5.41, 5.74) is -0.437. The highest BCUT2D eigenvalue weighted by molar-refractivity contribution is 6.31. The molecule has 2 heterocycles. The fourth-order valence-electron chi connectivity index (χ4n) is 3.06. The van der Waals surface area contributed by atoms with Gasteiger partial charge in [-0.3, -0.25) is 4.90 Å². The number of halogens is 2. The van der Waals surface area contributed by atoms with E-state index in [9.17, 15) is 4.39 Å².